The summed E-state index contributed by atoms with van der Waals surface area (Å²) in [6.07, 6.45) is 3.13. The highest BCUT2D eigenvalue weighted by Gasteiger charge is 2.35. The van der Waals surface area contributed by atoms with Gasteiger partial charge in [-0.25, -0.2) is 0 Å². The summed E-state index contributed by atoms with van der Waals surface area (Å²) in [6, 6.07) is 14.0. The van der Waals surface area contributed by atoms with E-state index in [1.54, 1.807) is 12.1 Å². The van der Waals surface area contributed by atoms with Crippen molar-refractivity contribution in [3.63, 3.8) is 0 Å². The van der Waals surface area contributed by atoms with Crippen LogP contribution in [0.3, 0.4) is 0 Å². The van der Waals surface area contributed by atoms with Gasteiger partial charge in [-0.05, 0) is 40.8 Å². The predicted molar refractivity (Wildman–Crippen MR) is 103 cm³/mol. The maximum absolute atomic E-state index is 13.9. The number of rotatable bonds is 3. The number of aromatic nitrogens is 1. The van der Waals surface area contributed by atoms with Gasteiger partial charge in [0.2, 0.25) is 0 Å². The third-order valence-corrected chi connectivity index (χ3v) is 5.05. The highest BCUT2D eigenvalue weighted by Crippen LogP contribution is 2.42. The number of alkyl halides is 3. The van der Waals surface area contributed by atoms with Crippen molar-refractivity contribution in [1.82, 2.24) is 4.98 Å². The molecule has 3 aromatic rings. The molecular formula is C23H18F3NO. The van der Waals surface area contributed by atoms with Crippen molar-refractivity contribution in [2.75, 3.05) is 7.11 Å². The van der Waals surface area contributed by atoms with E-state index in [1.807, 2.05) is 36.4 Å². The molecule has 1 atom stereocenters. The average Bonchev–Trinajstić information content (AvgIpc) is 2.72. The first kappa shape index (κ1) is 18.3. The molecule has 0 N–H and O–H groups in total. The minimum atomic E-state index is -4.47. The number of halogens is 3. The summed E-state index contributed by atoms with van der Waals surface area (Å²) in [4.78, 5) is 4.00. The molecule has 1 unspecified atom stereocenters. The maximum Gasteiger partial charge on any atom is 0.417 e. The van der Waals surface area contributed by atoms with Gasteiger partial charge >= 0.3 is 6.18 Å². The van der Waals surface area contributed by atoms with Gasteiger partial charge in [0.1, 0.15) is 5.75 Å². The second-order valence-corrected chi connectivity index (χ2v) is 6.74. The van der Waals surface area contributed by atoms with Crippen LogP contribution in [0.4, 0.5) is 13.2 Å². The van der Waals surface area contributed by atoms with Crippen LogP contribution in [-0.4, -0.2) is 12.1 Å². The molecule has 4 rings (SSSR count). The number of allylic oxidation sites excluding steroid dienone is 1. The fraction of sp³-hybridized carbons (Fsp3) is 0.174. The molecule has 0 aliphatic heterocycles. The molecule has 0 bridgehead atoms. The summed E-state index contributed by atoms with van der Waals surface area (Å²) in [5.74, 6) is 0.320. The topological polar surface area (TPSA) is 22.1 Å². The van der Waals surface area contributed by atoms with E-state index in [-0.39, 0.29) is 11.5 Å². The predicted octanol–water partition coefficient (Wildman–Crippen LogP) is 6.32. The van der Waals surface area contributed by atoms with Crippen molar-refractivity contribution < 1.29 is 17.9 Å². The maximum atomic E-state index is 13.9. The number of hydrogen-bond acceptors (Lipinski definition) is 2. The van der Waals surface area contributed by atoms with Gasteiger partial charge in [-0.3, -0.25) is 4.98 Å². The number of hydrogen-bond donors (Lipinski definition) is 0. The first-order chi connectivity index (χ1) is 13.5. The molecule has 28 heavy (non-hydrogen) atoms. The number of methoxy groups -OCH3 is 1. The molecule has 0 saturated heterocycles. The summed E-state index contributed by atoms with van der Waals surface area (Å²) in [5.41, 5.74) is 2.57. The van der Waals surface area contributed by atoms with E-state index < -0.39 is 11.7 Å². The molecule has 0 amide bonds. The van der Waals surface area contributed by atoms with Crippen LogP contribution in [0.15, 0.2) is 67.0 Å². The van der Waals surface area contributed by atoms with Gasteiger partial charge in [0.25, 0.3) is 0 Å². The summed E-state index contributed by atoms with van der Waals surface area (Å²) >= 11 is 0. The van der Waals surface area contributed by atoms with Crippen LogP contribution in [0.1, 0.15) is 34.6 Å². The summed E-state index contributed by atoms with van der Waals surface area (Å²) in [7, 11) is 1.46. The second kappa shape index (κ2) is 7.15. The van der Waals surface area contributed by atoms with E-state index in [0.717, 1.165) is 11.1 Å². The molecule has 5 heteroatoms. The van der Waals surface area contributed by atoms with Gasteiger partial charge in [-0.1, -0.05) is 48.6 Å². The number of fused-ring (bicyclic) bond motifs is 1. The largest absolute Gasteiger partial charge is 0.495 e. The van der Waals surface area contributed by atoms with Crippen molar-refractivity contribution in [2.24, 2.45) is 0 Å². The molecule has 0 fully saturated rings. The van der Waals surface area contributed by atoms with Crippen molar-refractivity contribution in [3.05, 3.63) is 89.3 Å². The van der Waals surface area contributed by atoms with Gasteiger partial charge in [-0.15, -0.1) is 0 Å². The minimum absolute atomic E-state index is 0.0974. The van der Waals surface area contributed by atoms with Crippen LogP contribution >= 0.6 is 0 Å². The van der Waals surface area contributed by atoms with Crippen molar-refractivity contribution in [2.45, 2.75) is 18.5 Å². The Hall–Kier alpha value is -3.08. The van der Waals surface area contributed by atoms with Gasteiger partial charge in [0, 0.05) is 17.7 Å². The molecular weight excluding hydrogens is 363 g/mol. The van der Waals surface area contributed by atoms with Crippen LogP contribution in [-0.2, 0) is 6.18 Å². The molecule has 1 aliphatic rings. The van der Waals surface area contributed by atoms with E-state index >= 15 is 0 Å². The average molecular weight is 381 g/mol. The molecule has 1 aromatic heterocycles. The fourth-order valence-electron chi connectivity index (χ4n) is 3.70. The Labute approximate surface area is 161 Å². The molecule has 142 valence electrons. The van der Waals surface area contributed by atoms with Crippen LogP contribution in [0.2, 0.25) is 0 Å². The zero-order valence-electron chi connectivity index (χ0n) is 15.2. The molecule has 0 saturated carbocycles. The first-order valence-electron chi connectivity index (χ1n) is 8.93. The first-order valence-corrected chi connectivity index (χ1v) is 8.93. The lowest BCUT2D eigenvalue weighted by Crippen LogP contribution is -2.11. The Morgan fingerprint density at radius 2 is 1.86 bits per heavy atom. The minimum Gasteiger partial charge on any atom is -0.495 e. The Morgan fingerprint density at radius 1 is 1.04 bits per heavy atom. The van der Waals surface area contributed by atoms with Crippen molar-refractivity contribution >= 4 is 6.08 Å². The summed E-state index contributed by atoms with van der Waals surface area (Å²) in [6.45, 7) is 0. The van der Waals surface area contributed by atoms with Gasteiger partial charge < -0.3 is 4.74 Å². The Kier molecular flexibility index (Phi) is 4.67. The van der Waals surface area contributed by atoms with Gasteiger partial charge in [0.15, 0.2) is 0 Å². The highest BCUT2D eigenvalue weighted by atomic mass is 19.4. The van der Waals surface area contributed by atoms with Gasteiger partial charge in [0.05, 0.1) is 18.9 Å². The summed E-state index contributed by atoms with van der Waals surface area (Å²) < 4.78 is 46.8. The summed E-state index contributed by atoms with van der Waals surface area (Å²) in [5, 5.41) is 0. The molecule has 2 aromatic carbocycles. The van der Waals surface area contributed by atoms with E-state index in [1.165, 1.54) is 31.6 Å². The zero-order chi connectivity index (χ0) is 19.7. The smallest absolute Gasteiger partial charge is 0.417 e. The number of benzene rings is 2. The van der Waals surface area contributed by atoms with E-state index in [0.29, 0.717) is 23.3 Å². The number of nitrogens with zero attached hydrogens (tertiary/aromatic N) is 1. The van der Waals surface area contributed by atoms with Crippen molar-refractivity contribution in [1.29, 1.82) is 0 Å². The van der Waals surface area contributed by atoms with Crippen LogP contribution < -0.4 is 4.74 Å². The van der Waals surface area contributed by atoms with Gasteiger partial charge in [-0.2, -0.15) is 13.2 Å². The SMILES string of the molecule is COc1cncc(-c2ccc(C3CC=Cc4ccccc43)cc2C(F)(F)F)c1. The van der Waals surface area contributed by atoms with E-state index in [4.69, 9.17) is 4.74 Å². The molecule has 0 radical (unpaired) electrons. The second-order valence-electron chi connectivity index (χ2n) is 6.74. The molecule has 0 spiro atoms. The standard InChI is InChI=1S/C23H18F3NO/c1-28-18-11-17(13-27-14-18)21-10-9-16(12-22(21)23(24,25)26)20-8-4-6-15-5-2-3-7-19(15)20/h2-7,9-14,20H,8H2,1H3. The Morgan fingerprint density at radius 3 is 2.64 bits per heavy atom. The third-order valence-electron chi connectivity index (χ3n) is 5.05. The monoisotopic (exact) mass is 381 g/mol. The normalized spacial score (nSPS) is 15.9. The lowest BCUT2D eigenvalue weighted by atomic mass is 9.81. The van der Waals surface area contributed by atoms with Crippen LogP contribution in [0.25, 0.3) is 17.2 Å². The van der Waals surface area contributed by atoms with Crippen LogP contribution in [0, 0.1) is 0 Å². The fourth-order valence-corrected chi connectivity index (χ4v) is 3.70. The number of ether oxygens (including phenoxy) is 1. The van der Waals surface area contributed by atoms with E-state index in [9.17, 15) is 13.2 Å². The Bertz CT molecular complexity index is 1040. The Balaban J connectivity index is 1.83. The molecule has 1 heterocycles. The molecule has 2 nitrogen and oxygen atoms in total. The highest BCUT2D eigenvalue weighted by molar-refractivity contribution is 5.70. The quantitative estimate of drug-likeness (QED) is 0.529. The lowest BCUT2D eigenvalue weighted by molar-refractivity contribution is -0.137. The third kappa shape index (κ3) is 3.40. The van der Waals surface area contributed by atoms with Crippen molar-refractivity contribution in [3.8, 4) is 16.9 Å². The molecule has 1 aliphatic carbocycles. The lowest BCUT2D eigenvalue weighted by Gasteiger charge is -2.24. The number of pyridine rings is 1. The van der Waals surface area contributed by atoms with E-state index in [2.05, 4.69) is 4.98 Å². The zero-order valence-corrected chi connectivity index (χ0v) is 15.2. The van der Waals surface area contributed by atoms with Crippen LogP contribution in [0.5, 0.6) is 5.75 Å².